The number of anilines is 1. The summed E-state index contributed by atoms with van der Waals surface area (Å²) in [5.74, 6) is -0.479. The number of methoxy groups -OCH3 is 1. The van der Waals surface area contributed by atoms with Crippen molar-refractivity contribution in [2.24, 2.45) is 0 Å². The summed E-state index contributed by atoms with van der Waals surface area (Å²) in [6.45, 7) is 6.39. The Bertz CT molecular complexity index is 747. The van der Waals surface area contributed by atoms with Gasteiger partial charge >= 0.3 is 5.97 Å². The van der Waals surface area contributed by atoms with Crippen molar-refractivity contribution >= 4 is 22.3 Å². The van der Waals surface area contributed by atoms with E-state index in [1.807, 2.05) is 24.3 Å². The van der Waals surface area contributed by atoms with Gasteiger partial charge in [0.2, 0.25) is 0 Å². The normalized spacial score (nSPS) is 11.0. The van der Waals surface area contributed by atoms with Gasteiger partial charge in [-0.1, -0.05) is 45.0 Å². The van der Waals surface area contributed by atoms with E-state index >= 15 is 0 Å². The first kappa shape index (κ1) is 16.1. The summed E-state index contributed by atoms with van der Waals surface area (Å²) in [5, 5.41) is 9.67. The zero-order valence-electron chi connectivity index (χ0n) is 13.1. The van der Waals surface area contributed by atoms with Crippen LogP contribution in [0.25, 0.3) is 11.1 Å². The summed E-state index contributed by atoms with van der Waals surface area (Å²) < 4.78 is 4.80. The molecule has 0 aliphatic heterocycles. The van der Waals surface area contributed by atoms with Gasteiger partial charge in [0.25, 0.3) is 0 Å². The van der Waals surface area contributed by atoms with Gasteiger partial charge in [-0.05, 0) is 16.5 Å². The highest BCUT2D eigenvalue weighted by Crippen LogP contribution is 2.39. The van der Waals surface area contributed by atoms with E-state index in [1.165, 1.54) is 12.7 Å². The first-order valence-corrected chi connectivity index (χ1v) is 7.62. The molecule has 5 heteroatoms. The third kappa shape index (κ3) is 2.83. The summed E-state index contributed by atoms with van der Waals surface area (Å²) >= 11 is 1.08. The molecule has 1 aromatic heterocycles. The molecule has 22 heavy (non-hydrogen) atoms. The van der Waals surface area contributed by atoms with Crippen LogP contribution in [0.5, 0.6) is 0 Å². The van der Waals surface area contributed by atoms with E-state index in [0.717, 1.165) is 16.9 Å². The van der Waals surface area contributed by atoms with Crippen molar-refractivity contribution in [3.05, 3.63) is 40.3 Å². The van der Waals surface area contributed by atoms with Crippen LogP contribution in [0.4, 0.5) is 5.00 Å². The molecule has 2 N–H and O–H groups in total. The van der Waals surface area contributed by atoms with Gasteiger partial charge in [0.05, 0.1) is 12.7 Å². The van der Waals surface area contributed by atoms with Crippen LogP contribution in [0, 0.1) is 11.3 Å². The predicted molar refractivity (Wildman–Crippen MR) is 88.9 cm³/mol. The van der Waals surface area contributed by atoms with Gasteiger partial charge < -0.3 is 10.5 Å². The van der Waals surface area contributed by atoms with Gasteiger partial charge in [-0.2, -0.15) is 5.26 Å². The van der Waals surface area contributed by atoms with E-state index in [0.29, 0.717) is 21.0 Å². The molecule has 0 bridgehead atoms. The number of nitriles is 1. The summed E-state index contributed by atoms with van der Waals surface area (Å²) in [6.07, 6.45) is 0. The second-order valence-electron chi connectivity index (χ2n) is 5.98. The first-order valence-electron chi connectivity index (χ1n) is 6.81. The Kier molecular flexibility index (Phi) is 4.25. The maximum absolute atomic E-state index is 11.9. The summed E-state index contributed by atoms with van der Waals surface area (Å²) in [5.41, 5.74) is 8.76. The number of thiophene rings is 1. The van der Waals surface area contributed by atoms with Crippen LogP contribution in [-0.2, 0) is 10.2 Å². The lowest BCUT2D eigenvalue weighted by Crippen LogP contribution is -2.10. The molecule has 4 nitrogen and oxygen atoms in total. The van der Waals surface area contributed by atoms with Gasteiger partial charge in [-0.3, -0.25) is 0 Å². The largest absolute Gasteiger partial charge is 0.465 e. The van der Waals surface area contributed by atoms with Crippen molar-refractivity contribution in [1.29, 1.82) is 5.26 Å². The van der Waals surface area contributed by atoms with E-state index < -0.39 is 5.97 Å². The molecule has 0 spiro atoms. The third-order valence-electron chi connectivity index (χ3n) is 3.46. The fourth-order valence-corrected chi connectivity index (χ4v) is 3.17. The molecule has 0 saturated heterocycles. The van der Waals surface area contributed by atoms with Gasteiger partial charge in [-0.15, -0.1) is 11.3 Å². The Labute approximate surface area is 134 Å². The molecule has 2 aromatic rings. The van der Waals surface area contributed by atoms with Gasteiger partial charge in [0.1, 0.15) is 15.9 Å². The lowest BCUT2D eigenvalue weighted by atomic mass is 9.86. The van der Waals surface area contributed by atoms with E-state index in [1.54, 1.807) is 0 Å². The Morgan fingerprint density at radius 3 is 2.32 bits per heavy atom. The molecule has 0 aliphatic rings. The van der Waals surface area contributed by atoms with Gasteiger partial charge in [0, 0.05) is 5.56 Å². The van der Waals surface area contributed by atoms with Gasteiger partial charge in [-0.25, -0.2) is 4.79 Å². The van der Waals surface area contributed by atoms with Gasteiger partial charge in [0.15, 0.2) is 0 Å². The average Bonchev–Trinajstić information content (AvgIpc) is 2.82. The number of nitrogens with two attached hydrogens (primary N) is 1. The molecule has 0 saturated carbocycles. The number of ether oxygens (including phenoxy) is 1. The van der Waals surface area contributed by atoms with Crippen LogP contribution in [0.3, 0.4) is 0 Å². The van der Waals surface area contributed by atoms with Crippen LogP contribution in [0.1, 0.15) is 41.6 Å². The summed E-state index contributed by atoms with van der Waals surface area (Å²) in [6, 6.07) is 9.92. The average molecular weight is 314 g/mol. The molecule has 1 heterocycles. The second-order valence-corrected chi connectivity index (χ2v) is 7.03. The lowest BCUT2D eigenvalue weighted by molar-refractivity contribution is 0.0607. The molecule has 0 amide bonds. The Morgan fingerprint density at radius 2 is 1.86 bits per heavy atom. The number of esters is 1. The van der Waals surface area contributed by atoms with E-state index in [2.05, 4.69) is 26.8 Å². The third-order valence-corrected chi connectivity index (χ3v) is 4.46. The molecule has 114 valence electrons. The summed E-state index contributed by atoms with van der Waals surface area (Å²) in [7, 11) is 1.32. The Balaban J connectivity index is 2.61. The van der Waals surface area contributed by atoms with Crippen molar-refractivity contribution in [1.82, 2.24) is 0 Å². The van der Waals surface area contributed by atoms with E-state index in [4.69, 9.17) is 10.5 Å². The minimum absolute atomic E-state index is 0.0371. The first-order chi connectivity index (χ1) is 10.3. The monoisotopic (exact) mass is 314 g/mol. The smallest absolute Gasteiger partial charge is 0.348 e. The standard InChI is InChI=1S/C17H18N2O2S/c1-17(2,3)11-7-5-10(6-8-11)13-12(9-18)15(19)22-14(13)16(20)21-4/h5-8H,19H2,1-4H3. The van der Waals surface area contributed by atoms with Crippen LogP contribution in [0.15, 0.2) is 24.3 Å². The highest BCUT2D eigenvalue weighted by molar-refractivity contribution is 7.18. The molecule has 0 atom stereocenters. The van der Waals surface area contributed by atoms with Crippen molar-refractivity contribution < 1.29 is 9.53 Å². The second kappa shape index (κ2) is 5.82. The Hall–Kier alpha value is -2.32. The molecule has 0 unspecified atom stereocenters. The molecule has 2 rings (SSSR count). The maximum atomic E-state index is 11.9. The minimum atomic E-state index is -0.479. The molecule has 0 aliphatic carbocycles. The number of nitrogens with zero attached hydrogens (tertiary/aromatic N) is 1. The van der Waals surface area contributed by atoms with Crippen LogP contribution in [0.2, 0.25) is 0 Å². The number of carbonyl (C=O) groups is 1. The molecular weight excluding hydrogens is 296 g/mol. The van der Waals surface area contributed by atoms with Crippen molar-refractivity contribution in [3.63, 3.8) is 0 Å². The van der Waals surface area contributed by atoms with Crippen molar-refractivity contribution in [2.45, 2.75) is 26.2 Å². The van der Waals surface area contributed by atoms with E-state index in [9.17, 15) is 10.1 Å². The number of hydrogen-bond donors (Lipinski definition) is 1. The molecule has 1 aromatic carbocycles. The minimum Gasteiger partial charge on any atom is -0.465 e. The number of rotatable bonds is 2. The highest BCUT2D eigenvalue weighted by atomic mass is 32.1. The molecule has 0 radical (unpaired) electrons. The fraction of sp³-hybridized carbons (Fsp3) is 0.294. The number of carbonyl (C=O) groups excluding carboxylic acids is 1. The van der Waals surface area contributed by atoms with Crippen molar-refractivity contribution in [2.75, 3.05) is 12.8 Å². The Morgan fingerprint density at radius 1 is 1.27 bits per heavy atom. The van der Waals surface area contributed by atoms with Crippen LogP contribution >= 0.6 is 11.3 Å². The molecule has 0 fully saturated rings. The van der Waals surface area contributed by atoms with Crippen LogP contribution in [-0.4, -0.2) is 13.1 Å². The molecular formula is C17H18N2O2S. The fourth-order valence-electron chi connectivity index (χ4n) is 2.21. The summed E-state index contributed by atoms with van der Waals surface area (Å²) in [4.78, 5) is 12.3. The quantitative estimate of drug-likeness (QED) is 0.851. The number of hydrogen-bond acceptors (Lipinski definition) is 5. The number of nitrogen functional groups attached to an aromatic ring is 1. The topological polar surface area (TPSA) is 76.1 Å². The van der Waals surface area contributed by atoms with Crippen LogP contribution < -0.4 is 5.73 Å². The lowest BCUT2D eigenvalue weighted by Gasteiger charge is -2.19. The van der Waals surface area contributed by atoms with Crippen molar-refractivity contribution in [3.8, 4) is 17.2 Å². The maximum Gasteiger partial charge on any atom is 0.348 e. The predicted octanol–water partition coefficient (Wildman–Crippen LogP) is 3.95. The SMILES string of the molecule is COC(=O)c1sc(N)c(C#N)c1-c1ccc(C(C)(C)C)cc1. The zero-order valence-corrected chi connectivity index (χ0v) is 13.9. The van der Waals surface area contributed by atoms with E-state index in [-0.39, 0.29) is 5.41 Å². The zero-order chi connectivity index (χ0) is 16.5. The highest BCUT2D eigenvalue weighted by Gasteiger charge is 2.24. The number of benzene rings is 1.